The molecule has 5 saturated heterocycles. The maximum atomic E-state index is 13.6. The molecule has 2 bridgehead atoms. The molecule has 5 aliphatic heterocycles. The standard InChI is InChI=1S/C47H56N8O7/c1-52(41-12-13-43(57)49-46(41)59)31-6-4-7-32(24-31)53-20-16-47(60,17-21-53)27-44(58)54-18-14-36(15-19-54)62-37-9-5-8-33(25-37)55-34-22-30(23-35(55)29-61-28-34)39-26-40(50-51-45(39)48)38-10-2-3-11-42(38)56/h2-11,24-26,30,34-36,41,56,60H,12-23,27-29H2,1H3,(H2,48,51)(H,49,57,59)/t30?,34-,35+,41?. The van der Waals surface area contributed by atoms with Crippen LogP contribution >= 0.6 is 0 Å². The number of rotatable bonds is 10. The van der Waals surface area contributed by atoms with E-state index in [1.165, 1.54) is 0 Å². The number of para-hydroxylation sites is 1. The number of aliphatic hydroxyl groups is 1. The third kappa shape index (κ3) is 8.73. The predicted molar refractivity (Wildman–Crippen MR) is 235 cm³/mol. The highest BCUT2D eigenvalue weighted by atomic mass is 16.5. The number of aromatic hydroxyl groups is 1. The lowest BCUT2D eigenvalue weighted by molar-refractivity contribution is -0.139. The van der Waals surface area contributed by atoms with E-state index in [0.29, 0.717) is 95.0 Å². The molecule has 6 heterocycles. The van der Waals surface area contributed by atoms with Crippen molar-refractivity contribution in [2.24, 2.45) is 0 Å². The van der Waals surface area contributed by atoms with Gasteiger partial charge in [-0.2, -0.15) is 0 Å². The maximum Gasteiger partial charge on any atom is 0.249 e. The van der Waals surface area contributed by atoms with Gasteiger partial charge < -0.3 is 45.0 Å². The summed E-state index contributed by atoms with van der Waals surface area (Å²) in [5.74, 6) is 1.00. The highest BCUT2D eigenvalue weighted by molar-refractivity contribution is 6.01. The van der Waals surface area contributed by atoms with Gasteiger partial charge in [0.2, 0.25) is 17.7 Å². The Morgan fingerprint density at radius 1 is 0.919 bits per heavy atom. The number of nitrogens with two attached hydrogens (primary N) is 1. The van der Waals surface area contributed by atoms with Gasteiger partial charge in [0.05, 0.1) is 43.0 Å². The summed E-state index contributed by atoms with van der Waals surface area (Å²) in [5.41, 5.74) is 10.5. The van der Waals surface area contributed by atoms with Crippen LogP contribution in [0.3, 0.4) is 0 Å². The molecule has 62 heavy (non-hydrogen) atoms. The molecule has 0 saturated carbocycles. The number of ether oxygens (including phenoxy) is 2. The summed E-state index contributed by atoms with van der Waals surface area (Å²) in [5, 5.41) is 33.1. The summed E-state index contributed by atoms with van der Waals surface area (Å²) in [6, 6.07) is 25.2. The summed E-state index contributed by atoms with van der Waals surface area (Å²) in [6.45, 7) is 3.56. The fourth-order valence-corrected chi connectivity index (χ4v) is 10.2. The molecule has 15 nitrogen and oxygen atoms in total. The van der Waals surface area contributed by atoms with Gasteiger partial charge >= 0.3 is 0 Å². The van der Waals surface area contributed by atoms with E-state index in [0.717, 1.165) is 41.2 Å². The number of anilines is 4. The van der Waals surface area contributed by atoms with Crippen molar-refractivity contribution in [3.8, 4) is 22.8 Å². The fourth-order valence-electron chi connectivity index (χ4n) is 10.2. The number of fused-ring (bicyclic) bond motifs is 2. The number of phenols is 1. The molecule has 3 aromatic carbocycles. The molecule has 9 rings (SSSR count). The van der Waals surface area contributed by atoms with Crippen molar-refractivity contribution < 1.29 is 34.1 Å². The zero-order valence-corrected chi connectivity index (χ0v) is 35.2. The van der Waals surface area contributed by atoms with Crippen LogP contribution in [0, 0.1) is 0 Å². The summed E-state index contributed by atoms with van der Waals surface area (Å²) >= 11 is 0. The van der Waals surface area contributed by atoms with Crippen LogP contribution in [0.4, 0.5) is 22.9 Å². The lowest BCUT2D eigenvalue weighted by atomic mass is 9.80. The van der Waals surface area contributed by atoms with Crippen LogP contribution in [-0.2, 0) is 19.1 Å². The first kappa shape index (κ1) is 41.4. The van der Waals surface area contributed by atoms with E-state index in [1.807, 2.05) is 71.4 Å². The van der Waals surface area contributed by atoms with E-state index in [9.17, 15) is 24.6 Å². The molecule has 4 atom stereocenters. The Hall–Kier alpha value is -5.93. The number of hydrogen-bond acceptors (Lipinski definition) is 13. The van der Waals surface area contributed by atoms with E-state index in [1.54, 1.807) is 12.1 Å². The number of imide groups is 1. The zero-order chi connectivity index (χ0) is 43.0. The van der Waals surface area contributed by atoms with Crippen LogP contribution in [0.15, 0.2) is 78.9 Å². The topological polar surface area (TPSA) is 187 Å². The molecule has 0 radical (unpaired) electrons. The number of phenolic OH excluding ortho intramolecular Hbond substituents is 1. The molecule has 3 amide bonds. The minimum atomic E-state index is -1.07. The van der Waals surface area contributed by atoms with Gasteiger partial charge in [-0.25, -0.2) is 0 Å². The van der Waals surface area contributed by atoms with Gasteiger partial charge in [0.15, 0.2) is 0 Å². The summed E-state index contributed by atoms with van der Waals surface area (Å²) in [6.07, 6.45) is 4.89. The number of likely N-dealkylation sites (N-methyl/N-ethyl adjacent to an activating group) is 1. The van der Waals surface area contributed by atoms with E-state index in [-0.39, 0.29) is 54.0 Å². The number of nitrogens with one attached hydrogen (secondary N) is 1. The molecule has 5 N–H and O–H groups in total. The molecular formula is C47H56N8O7. The van der Waals surface area contributed by atoms with Crippen molar-refractivity contribution in [2.45, 2.75) is 93.5 Å². The number of piperidine rings is 4. The summed E-state index contributed by atoms with van der Waals surface area (Å²) in [7, 11) is 1.87. The lowest BCUT2D eigenvalue weighted by Gasteiger charge is -2.50. The number of carbonyl (C=O) groups excluding carboxylic acids is 3. The number of morpholine rings is 1. The number of nitrogen functional groups attached to an aromatic ring is 1. The third-order valence-electron chi connectivity index (χ3n) is 13.7. The molecule has 326 valence electrons. The van der Waals surface area contributed by atoms with E-state index < -0.39 is 11.6 Å². The Morgan fingerprint density at radius 2 is 1.65 bits per heavy atom. The molecule has 0 spiro atoms. The summed E-state index contributed by atoms with van der Waals surface area (Å²) in [4.78, 5) is 46.2. The van der Waals surface area contributed by atoms with Crippen molar-refractivity contribution in [2.75, 3.05) is 66.9 Å². The number of carbonyl (C=O) groups is 3. The largest absolute Gasteiger partial charge is 0.507 e. The number of likely N-dealkylation sites (tertiary alicyclic amines) is 1. The second kappa shape index (κ2) is 17.4. The van der Waals surface area contributed by atoms with Gasteiger partial charge in [-0.05, 0) is 86.6 Å². The van der Waals surface area contributed by atoms with Crippen LogP contribution in [-0.4, -0.2) is 119 Å². The molecular weight excluding hydrogens is 789 g/mol. The smallest absolute Gasteiger partial charge is 0.249 e. The first-order chi connectivity index (χ1) is 30.0. The average molecular weight is 845 g/mol. The van der Waals surface area contributed by atoms with Crippen molar-refractivity contribution in [1.29, 1.82) is 0 Å². The van der Waals surface area contributed by atoms with Crippen LogP contribution in [0.25, 0.3) is 11.3 Å². The summed E-state index contributed by atoms with van der Waals surface area (Å²) < 4.78 is 12.6. The third-order valence-corrected chi connectivity index (χ3v) is 13.7. The Bertz CT molecular complexity index is 2280. The molecule has 5 fully saturated rings. The Morgan fingerprint density at radius 3 is 2.39 bits per heavy atom. The Labute approximate surface area is 361 Å². The van der Waals surface area contributed by atoms with Crippen LogP contribution in [0.2, 0.25) is 0 Å². The zero-order valence-electron chi connectivity index (χ0n) is 35.2. The molecule has 15 heteroatoms. The SMILES string of the molecule is CN(c1cccc(N2CCC(O)(CC(=O)N3CCC(Oc4cccc(N5[C@@H]6COC[C@H]5CC(c5cc(-c7ccccc7O)nnc5N)C6)c4)CC3)CC2)c1)C1CCC(=O)NC1=O. The Balaban J connectivity index is 0.762. The van der Waals surface area contributed by atoms with Crippen molar-refractivity contribution in [1.82, 2.24) is 20.4 Å². The van der Waals surface area contributed by atoms with E-state index >= 15 is 0 Å². The van der Waals surface area contributed by atoms with Gasteiger partial charge in [-0.3, -0.25) is 19.7 Å². The number of amides is 3. The van der Waals surface area contributed by atoms with E-state index in [2.05, 4.69) is 37.4 Å². The first-order valence-electron chi connectivity index (χ1n) is 22.0. The monoisotopic (exact) mass is 844 g/mol. The van der Waals surface area contributed by atoms with E-state index in [4.69, 9.17) is 15.2 Å². The molecule has 2 unspecified atom stereocenters. The normalized spacial score (nSPS) is 24.1. The first-order valence-corrected chi connectivity index (χ1v) is 22.0. The molecule has 5 aliphatic rings. The van der Waals surface area contributed by atoms with Gasteiger partial charge in [-0.1, -0.05) is 24.3 Å². The number of hydrogen-bond donors (Lipinski definition) is 4. The highest BCUT2D eigenvalue weighted by Crippen LogP contribution is 2.43. The molecule has 4 aromatic rings. The van der Waals surface area contributed by atoms with Crippen LogP contribution in [0.1, 0.15) is 69.3 Å². The highest BCUT2D eigenvalue weighted by Gasteiger charge is 2.41. The van der Waals surface area contributed by atoms with Crippen LogP contribution in [0.5, 0.6) is 11.5 Å². The Kier molecular flexibility index (Phi) is 11.7. The minimum Gasteiger partial charge on any atom is -0.507 e. The van der Waals surface area contributed by atoms with Crippen LogP contribution < -0.4 is 30.5 Å². The maximum absolute atomic E-state index is 13.6. The lowest BCUT2D eigenvalue weighted by Crippen LogP contribution is -2.56. The van der Waals surface area contributed by atoms with Crippen molar-refractivity contribution >= 4 is 40.6 Å². The predicted octanol–water partition coefficient (Wildman–Crippen LogP) is 4.62. The second-order valence-electron chi connectivity index (χ2n) is 17.7. The molecule has 1 aromatic heterocycles. The number of benzene rings is 3. The van der Waals surface area contributed by atoms with Gasteiger partial charge in [0.1, 0.15) is 29.5 Å². The van der Waals surface area contributed by atoms with Gasteiger partial charge in [-0.15, -0.1) is 10.2 Å². The molecule has 0 aliphatic carbocycles. The average Bonchev–Trinajstić information content (AvgIpc) is 3.27. The van der Waals surface area contributed by atoms with Crippen molar-refractivity contribution in [3.63, 3.8) is 0 Å². The van der Waals surface area contributed by atoms with Crippen molar-refractivity contribution in [3.05, 3.63) is 84.4 Å². The number of nitrogens with zero attached hydrogens (tertiary/aromatic N) is 6. The van der Waals surface area contributed by atoms with Gasteiger partial charge in [0, 0.05) is 86.7 Å². The quantitative estimate of drug-likeness (QED) is 0.162. The van der Waals surface area contributed by atoms with Gasteiger partial charge in [0.25, 0.3) is 0 Å². The minimum absolute atomic E-state index is 0.0230. The fraction of sp³-hybridized carbons (Fsp3) is 0.468. The number of aromatic nitrogens is 2. The second-order valence-corrected chi connectivity index (χ2v) is 17.7.